The molecule has 1 saturated carbocycles. The minimum absolute atomic E-state index is 0.0907. The van der Waals surface area contributed by atoms with Gasteiger partial charge in [0, 0.05) is 6.04 Å². The van der Waals surface area contributed by atoms with Gasteiger partial charge in [-0.3, -0.25) is 11.3 Å². The van der Waals surface area contributed by atoms with Crippen LogP contribution >= 0.6 is 11.6 Å². The Morgan fingerprint density at radius 2 is 2.11 bits per heavy atom. The van der Waals surface area contributed by atoms with Crippen molar-refractivity contribution in [2.45, 2.75) is 45.1 Å². The summed E-state index contributed by atoms with van der Waals surface area (Å²) in [5.74, 6) is 5.35. The van der Waals surface area contributed by atoms with E-state index in [0.29, 0.717) is 12.0 Å². The number of nitrogens with two attached hydrogens (primary N) is 1. The van der Waals surface area contributed by atoms with E-state index in [9.17, 15) is 4.39 Å². The molecular weight excluding hydrogens is 251 g/mol. The molecule has 1 unspecified atom stereocenters. The third-order valence-electron chi connectivity index (χ3n) is 4.24. The van der Waals surface area contributed by atoms with E-state index < -0.39 is 0 Å². The standard InChI is InChI=1S/C14H20ClFN2/c1-14(7-2-3-8-14)12(18-17)9-10-5-4-6-11(15)13(10)16/h4-6,12,18H,2-3,7-9,17H2,1H3. The summed E-state index contributed by atoms with van der Waals surface area (Å²) in [5, 5.41) is 0.180. The van der Waals surface area contributed by atoms with E-state index >= 15 is 0 Å². The molecule has 1 atom stereocenters. The van der Waals surface area contributed by atoms with Gasteiger partial charge in [-0.05, 0) is 36.3 Å². The molecule has 2 nitrogen and oxygen atoms in total. The number of hydrazine groups is 1. The lowest BCUT2D eigenvalue weighted by atomic mass is 9.78. The van der Waals surface area contributed by atoms with Crippen LogP contribution in [0.4, 0.5) is 4.39 Å². The highest BCUT2D eigenvalue weighted by molar-refractivity contribution is 6.30. The van der Waals surface area contributed by atoms with Crippen molar-refractivity contribution in [1.29, 1.82) is 0 Å². The third kappa shape index (κ3) is 2.68. The second-order valence-electron chi connectivity index (χ2n) is 5.50. The van der Waals surface area contributed by atoms with E-state index in [1.807, 2.05) is 0 Å². The highest BCUT2D eigenvalue weighted by Gasteiger charge is 2.36. The van der Waals surface area contributed by atoms with Gasteiger partial charge in [-0.2, -0.15) is 0 Å². The molecule has 1 aromatic carbocycles. The Labute approximate surface area is 113 Å². The van der Waals surface area contributed by atoms with Gasteiger partial charge in [0.05, 0.1) is 5.02 Å². The third-order valence-corrected chi connectivity index (χ3v) is 4.54. The minimum atomic E-state index is -0.319. The van der Waals surface area contributed by atoms with E-state index in [-0.39, 0.29) is 22.3 Å². The molecule has 0 heterocycles. The van der Waals surface area contributed by atoms with Gasteiger partial charge in [-0.1, -0.05) is 43.5 Å². The highest BCUT2D eigenvalue weighted by atomic mass is 35.5. The topological polar surface area (TPSA) is 38.0 Å². The summed E-state index contributed by atoms with van der Waals surface area (Å²) in [5.41, 5.74) is 3.66. The van der Waals surface area contributed by atoms with Crippen LogP contribution < -0.4 is 11.3 Å². The molecule has 0 aromatic heterocycles. The maximum absolute atomic E-state index is 13.9. The van der Waals surface area contributed by atoms with Gasteiger partial charge in [-0.15, -0.1) is 0 Å². The van der Waals surface area contributed by atoms with Crippen LogP contribution in [0.25, 0.3) is 0 Å². The first-order valence-corrected chi connectivity index (χ1v) is 6.83. The fourth-order valence-corrected chi connectivity index (χ4v) is 3.16. The van der Waals surface area contributed by atoms with Gasteiger partial charge < -0.3 is 0 Å². The Bertz CT molecular complexity index is 416. The molecule has 100 valence electrons. The van der Waals surface area contributed by atoms with Crippen LogP contribution in [0.2, 0.25) is 5.02 Å². The van der Waals surface area contributed by atoms with Crippen molar-refractivity contribution >= 4 is 11.6 Å². The van der Waals surface area contributed by atoms with E-state index in [4.69, 9.17) is 17.4 Å². The number of hydrogen-bond donors (Lipinski definition) is 2. The molecule has 0 radical (unpaired) electrons. The predicted octanol–water partition coefficient (Wildman–Crippen LogP) is 3.43. The number of rotatable bonds is 4. The predicted molar refractivity (Wildman–Crippen MR) is 72.8 cm³/mol. The van der Waals surface area contributed by atoms with Crippen LogP contribution in [0.3, 0.4) is 0 Å². The van der Waals surface area contributed by atoms with Crippen molar-refractivity contribution in [3.63, 3.8) is 0 Å². The maximum atomic E-state index is 13.9. The second kappa shape index (κ2) is 5.55. The van der Waals surface area contributed by atoms with Gasteiger partial charge in [0.25, 0.3) is 0 Å². The van der Waals surface area contributed by atoms with Gasteiger partial charge in [0.2, 0.25) is 0 Å². The van der Waals surface area contributed by atoms with E-state index in [0.717, 1.165) is 12.8 Å². The smallest absolute Gasteiger partial charge is 0.145 e. The van der Waals surface area contributed by atoms with Crippen LogP contribution in [0.1, 0.15) is 38.2 Å². The zero-order valence-electron chi connectivity index (χ0n) is 10.7. The molecule has 0 amide bonds. The van der Waals surface area contributed by atoms with Gasteiger partial charge in [0.15, 0.2) is 0 Å². The molecule has 4 heteroatoms. The van der Waals surface area contributed by atoms with Crippen LogP contribution in [-0.2, 0) is 6.42 Å². The summed E-state index contributed by atoms with van der Waals surface area (Å²) in [6.45, 7) is 2.23. The molecule has 1 aliphatic rings. The second-order valence-corrected chi connectivity index (χ2v) is 5.90. The first-order valence-electron chi connectivity index (χ1n) is 6.46. The monoisotopic (exact) mass is 270 g/mol. The lowest BCUT2D eigenvalue weighted by molar-refractivity contribution is 0.219. The van der Waals surface area contributed by atoms with E-state index in [1.165, 1.54) is 12.8 Å². The normalized spacial score (nSPS) is 20.0. The van der Waals surface area contributed by atoms with Crippen molar-refractivity contribution in [3.05, 3.63) is 34.6 Å². The van der Waals surface area contributed by atoms with Gasteiger partial charge >= 0.3 is 0 Å². The summed E-state index contributed by atoms with van der Waals surface area (Å²) in [6.07, 6.45) is 5.33. The quantitative estimate of drug-likeness (QED) is 0.650. The fourth-order valence-electron chi connectivity index (χ4n) is 2.96. The molecule has 1 fully saturated rings. The molecule has 2 rings (SSSR count). The van der Waals surface area contributed by atoms with Crippen LogP contribution in [0.15, 0.2) is 18.2 Å². The average molecular weight is 271 g/mol. The minimum Gasteiger partial charge on any atom is -0.271 e. The summed E-state index contributed by atoms with van der Waals surface area (Å²) >= 11 is 5.81. The Balaban J connectivity index is 2.17. The van der Waals surface area contributed by atoms with Crippen molar-refractivity contribution in [1.82, 2.24) is 5.43 Å². The van der Waals surface area contributed by atoms with Crippen molar-refractivity contribution < 1.29 is 4.39 Å². The molecule has 18 heavy (non-hydrogen) atoms. The molecule has 1 aromatic rings. The van der Waals surface area contributed by atoms with Crippen LogP contribution in [0.5, 0.6) is 0 Å². The number of halogens is 2. The summed E-state index contributed by atoms with van der Waals surface area (Å²) in [4.78, 5) is 0. The zero-order chi connectivity index (χ0) is 13.2. The lowest BCUT2D eigenvalue weighted by Gasteiger charge is -2.33. The zero-order valence-corrected chi connectivity index (χ0v) is 11.4. The molecule has 1 aliphatic carbocycles. The van der Waals surface area contributed by atoms with Crippen molar-refractivity contribution in [2.24, 2.45) is 11.3 Å². The van der Waals surface area contributed by atoms with E-state index in [2.05, 4.69) is 12.3 Å². The van der Waals surface area contributed by atoms with Crippen LogP contribution in [0, 0.1) is 11.2 Å². The van der Waals surface area contributed by atoms with Crippen molar-refractivity contribution in [2.75, 3.05) is 0 Å². The SMILES string of the molecule is CC1(C(Cc2cccc(Cl)c2F)NN)CCCC1. The molecule has 0 aliphatic heterocycles. The lowest BCUT2D eigenvalue weighted by Crippen LogP contribution is -2.47. The molecule has 3 N–H and O–H groups in total. The first-order chi connectivity index (χ1) is 8.57. The molecule has 0 bridgehead atoms. The summed E-state index contributed by atoms with van der Waals surface area (Å²) in [7, 11) is 0. The fraction of sp³-hybridized carbons (Fsp3) is 0.571. The summed E-state index contributed by atoms with van der Waals surface area (Å²) < 4.78 is 13.9. The summed E-state index contributed by atoms with van der Waals surface area (Å²) in [6, 6.07) is 5.23. The Hall–Kier alpha value is -0.640. The number of nitrogens with one attached hydrogen (secondary N) is 1. The largest absolute Gasteiger partial charge is 0.271 e. The van der Waals surface area contributed by atoms with Crippen LogP contribution in [-0.4, -0.2) is 6.04 Å². The van der Waals surface area contributed by atoms with E-state index in [1.54, 1.807) is 18.2 Å². The van der Waals surface area contributed by atoms with Crippen molar-refractivity contribution in [3.8, 4) is 0 Å². The van der Waals surface area contributed by atoms with Gasteiger partial charge in [0.1, 0.15) is 5.82 Å². The average Bonchev–Trinajstić information content (AvgIpc) is 2.79. The molecule has 0 spiro atoms. The first kappa shape index (κ1) is 13.8. The Morgan fingerprint density at radius 1 is 1.44 bits per heavy atom. The maximum Gasteiger partial charge on any atom is 0.145 e. The highest BCUT2D eigenvalue weighted by Crippen LogP contribution is 2.41. The van der Waals surface area contributed by atoms with Gasteiger partial charge in [-0.25, -0.2) is 4.39 Å². The molecule has 0 saturated heterocycles. The molecular formula is C14H20ClFN2. The Morgan fingerprint density at radius 3 is 2.72 bits per heavy atom. The number of benzene rings is 1. The number of hydrogen-bond acceptors (Lipinski definition) is 2. The Kier molecular flexibility index (Phi) is 4.25.